The van der Waals surface area contributed by atoms with Crippen molar-refractivity contribution in [1.29, 1.82) is 0 Å². The van der Waals surface area contributed by atoms with Crippen LogP contribution < -0.4 is 0 Å². The second kappa shape index (κ2) is 9.79. The third-order valence-corrected chi connectivity index (χ3v) is 6.75. The molecule has 0 radical (unpaired) electrons. The summed E-state index contributed by atoms with van der Waals surface area (Å²) in [5.74, 6) is -0.935. The highest BCUT2D eigenvalue weighted by Gasteiger charge is 2.51. The molecule has 2 aliphatic heterocycles. The Bertz CT molecular complexity index is 854. The molecular weight excluding hydrogens is 410 g/mol. The largest absolute Gasteiger partial charge is 0.481 e. The van der Waals surface area contributed by atoms with Gasteiger partial charge in [-0.25, -0.2) is 14.3 Å². The van der Waals surface area contributed by atoms with E-state index < -0.39 is 11.9 Å². The lowest BCUT2D eigenvalue weighted by molar-refractivity contribution is -0.137. The normalized spacial score (nSPS) is 23.8. The Labute approximate surface area is 178 Å². The van der Waals surface area contributed by atoms with E-state index in [1.54, 1.807) is 17.3 Å². The van der Waals surface area contributed by atoms with Crippen molar-refractivity contribution >= 4 is 35.9 Å². The van der Waals surface area contributed by atoms with Crippen LogP contribution in [0.5, 0.6) is 0 Å². The van der Waals surface area contributed by atoms with Crippen molar-refractivity contribution in [2.75, 3.05) is 12.8 Å². The molecule has 11 heteroatoms. The number of amides is 2. The van der Waals surface area contributed by atoms with Crippen LogP contribution in [0.25, 0.3) is 6.20 Å². The van der Waals surface area contributed by atoms with Crippen LogP contribution >= 0.6 is 11.8 Å². The van der Waals surface area contributed by atoms with E-state index >= 15 is 0 Å². The molecule has 3 atom stereocenters. The zero-order valence-corrected chi connectivity index (χ0v) is 17.4. The minimum absolute atomic E-state index is 0.0321. The lowest BCUT2D eigenvalue weighted by atomic mass is 10.0. The first-order valence-corrected chi connectivity index (χ1v) is 10.8. The summed E-state index contributed by atoms with van der Waals surface area (Å²) in [5, 5.41) is 25.8. The van der Waals surface area contributed by atoms with Crippen molar-refractivity contribution in [2.24, 2.45) is 0 Å². The van der Waals surface area contributed by atoms with Crippen molar-refractivity contribution < 1.29 is 24.6 Å². The molecule has 0 spiro atoms. The van der Waals surface area contributed by atoms with Crippen LogP contribution in [0.4, 0.5) is 4.79 Å². The number of carbonyl (C=O) groups excluding carboxylic acids is 1. The Balaban J connectivity index is 1.63. The number of carbonyl (C=O) groups is 3. The standard InChI is InChI=1S/C19H25N5O5S/c1-22-14-12-30-15(6-2-3-7-16(25)26)18(14)24(19(22)29)11-13-10-23(21-20-13)9-5-4-8-17(27)28/h4-5,8-10,14-15,18H,2-3,6-7,11-12H2,1H3,(H,25,26)(H,27,28)/b8-4+,9-5+/t14-,15-,18-/m0/s1. The predicted octanol–water partition coefficient (Wildman–Crippen LogP) is 1.75. The van der Waals surface area contributed by atoms with Gasteiger partial charge < -0.3 is 20.0 Å². The molecule has 1 aromatic heterocycles. The SMILES string of the molecule is CN1C(=O)N(Cc2cn(/C=C/C=C/C(=O)O)nn2)[C@@H]2[C@H](CCCCC(=O)O)SC[C@@H]21. The van der Waals surface area contributed by atoms with Crippen molar-refractivity contribution in [1.82, 2.24) is 24.8 Å². The Kier molecular flexibility index (Phi) is 7.14. The van der Waals surface area contributed by atoms with E-state index in [9.17, 15) is 14.4 Å². The number of allylic oxidation sites excluding steroid dienone is 2. The molecule has 2 saturated heterocycles. The summed E-state index contributed by atoms with van der Waals surface area (Å²) in [5.41, 5.74) is 0.644. The number of rotatable bonds is 10. The number of carboxylic acids is 2. The first-order chi connectivity index (χ1) is 14.4. The lowest BCUT2D eigenvalue weighted by Gasteiger charge is -2.26. The van der Waals surface area contributed by atoms with Crippen molar-refractivity contribution in [3.63, 3.8) is 0 Å². The van der Waals surface area contributed by atoms with Crippen molar-refractivity contribution in [3.05, 3.63) is 30.1 Å². The first-order valence-electron chi connectivity index (χ1n) is 9.72. The second-order valence-electron chi connectivity index (χ2n) is 7.32. The maximum Gasteiger partial charge on any atom is 0.328 e. The smallest absolute Gasteiger partial charge is 0.328 e. The van der Waals surface area contributed by atoms with Gasteiger partial charge in [-0.1, -0.05) is 17.7 Å². The van der Waals surface area contributed by atoms with Gasteiger partial charge in [-0.05, 0) is 18.9 Å². The number of fused-ring (bicyclic) bond motifs is 1. The number of nitrogens with zero attached hydrogens (tertiary/aromatic N) is 5. The highest BCUT2D eigenvalue weighted by atomic mass is 32.2. The molecule has 0 unspecified atom stereocenters. The van der Waals surface area contributed by atoms with Gasteiger partial charge in [-0.15, -0.1) is 5.10 Å². The molecule has 0 saturated carbocycles. The van der Waals surface area contributed by atoms with Gasteiger partial charge >= 0.3 is 18.0 Å². The van der Waals surface area contributed by atoms with Crippen molar-refractivity contribution in [2.45, 2.75) is 49.6 Å². The third kappa shape index (κ3) is 5.21. The lowest BCUT2D eigenvalue weighted by Crippen LogP contribution is -2.40. The van der Waals surface area contributed by atoms with E-state index in [-0.39, 0.29) is 29.8 Å². The summed E-state index contributed by atoms with van der Waals surface area (Å²) in [4.78, 5) is 37.6. The summed E-state index contributed by atoms with van der Waals surface area (Å²) in [6.45, 7) is 0.343. The number of aliphatic carboxylic acids is 2. The maximum atomic E-state index is 12.8. The van der Waals surface area contributed by atoms with Crippen LogP contribution in [0.2, 0.25) is 0 Å². The number of carboxylic acid groups (broad SMARTS) is 2. The molecule has 1 aromatic rings. The molecule has 30 heavy (non-hydrogen) atoms. The van der Waals surface area contributed by atoms with E-state index in [1.165, 1.54) is 16.8 Å². The predicted molar refractivity (Wildman–Crippen MR) is 111 cm³/mol. The maximum absolute atomic E-state index is 12.8. The Hall–Kier alpha value is -2.82. The summed E-state index contributed by atoms with van der Waals surface area (Å²) in [7, 11) is 1.82. The van der Waals surface area contributed by atoms with E-state index in [4.69, 9.17) is 10.2 Å². The number of urea groups is 1. The number of aromatic nitrogens is 3. The number of likely N-dealkylation sites (N-methyl/N-ethyl adjacent to an activating group) is 1. The summed E-state index contributed by atoms with van der Waals surface area (Å²) < 4.78 is 1.47. The molecule has 2 amide bonds. The van der Waals surface area contributed by atoms with Crippen LogP contribution in [0.15, 0.2) is 24.4 Å². The molecule has 3 heterocycles. The zero-order valence-electron chi connectivity index (χ0n) is 16.6. The van der Waals surface area contributed by atoms with E-state index in [2.05, 4.69) is 10.3 Å². The molecule has 3 rings (SSSR count). The van der Waals surface area contributed by atoms with Crippen LogP contribution in [0.1, 0.15) is 31.4 Å². The molecule has 2 fully saturated rings. The molecule has 0 bridgehead atoms. The number of hydrogen-bond donors (Lipinski definition) is 2. The number of unbranched alkanes of at least 4 members (excludes halogenated alkanes) is 1. The molecule has 2 N–H and O–H groups in total. The van der Waals surface area contributed by atoms with Gasteiger partial charge in [0.1, 0.15) is 5.69 Å². The fourth-order valence-electron chi connectivity index (χ4n) is 3.85. The zero-order chi connectivity index (χ0) is 21.7. The number of hydrogen-bond acceptors (Lipinski definition) is 6. The summed E-state index contributed by atoms with van der Waals surface area (Å²) in [6, 6.07) is 0.176. The van der Waals surface area contributed by atoms with Crippen LogP contribution in [-0.2, 0) is 16.1 Å². The summed E-state index contributed by atoms with van der Waals surface area (Å²) >= 11 is 1.84. The average molecular weight is 436 g/mol. The van der Waals surface area contributed by atoms with Crippen molar-refractivity contribution in [3.8, 4) is 0 Å². The monoisotopic (exact) mass is 435 g/mol. The fraction of sp³-hybridized carbons (Fsp3) is 0.526. The molecule has 0 aromatic carbocycles. The fourth-order valence-corrected chi connectivity index (χ4v) is 5.57. The average Bonchev–Trinajstić information content (AvgIpc) is 3.37. The quantitative estimate of drug-likeness (QED) is 0.246. The highest BCUT2D eigenvalue weighted by molar-refractivity contribution is 8.00. The Morgan fingerprint density at radius 1 is 1.30 bits per heavy atom. The highest BCUT2D eigenvalue weighted by Crippen LogP contribution is 2.41. The molecule has 162 valence electrons. The molecule has 10 nitrogen and oxygen atoms in total. The van der Waals surface area contributed by atoms with E-state index in [0.29, 0.717) is 18.7 Å². The van der Waals surface area contributed by atoms with Gasteiger partial charge in [-0.3, -0.25) is 4.79 Å². The van der Waals surface area contributed by atoms with Crippen LogP contribution in [-0.4, -0.2) is 83.1 Å². The van der Waals surface area contributed by atoms with Gasteiger partial charge in [-0.2, -0.15) is 11.8 Å². The van der Waals surface area contributed by atoms with Gasteiger partial charge in [0.25, 0.3) is 0 Å². The number of thioether (sulfide) groups is 1. The third-order valence-electron chi connectivity index (χ3n) is 5.27. The van der Waals surface area contributed by atoms with Gasteiger partial charge in [0.15, 0.2) is 0 Å². The summed E-state index contributed by atoms with van der Waals surface area (Å²) in [6.07, 6.45) is 9.74. The second-order valence-corrected chi connectivity index (χ2v) is 8.59. The minimum Gasteiger partial charge on any atom is -0.481 e. The minimum atomic E-state index is -1.03. The van der Waals surface area contributed by atoms with Crippen LogP contribution in [0, 0.1) is 0 Å². The molecule has 2 aliphatic rings. The van der Waals surface area contributed by atoms with Crippen LogP contribution in [0.3, 0.4) is 0 Å². The molecular formula is C19H25N5O5S. The van der Waals surface area contributed by atoms with E-state index in [0.717, 1.165) is 24.7 Å². The molecule has 0 aliphatic carbocycles. The van der Waals surface area contributed by atoms with Gasteiger partial charge in [0.05, 0.1) is 24.8 Å². The van der Waals surface area contributed by atoms with E-state index in [1.807, 2.05) is 23.7 Å². The Morgan fingerprint density at radius 3 is 2.83 bits per heavy atom. The van der Waals surface area contributed by atoms with Gasteiger partial charge in [0.2, 0.25) is 0 Å². The Morgan fingerprint density at radius 2 is 2.10 bits per heavy atom. The first kappa shape index (κ1) is 21.9. The van der Waals surface area contributed by atoms with Gasteiger partial charge in [0, 0.05) is 36.7 Å². The topological polar surface area (TPSA) is 129 Å².